The van der Waals surface area contributed by atoms with Gasteiger partial charge in [-0.15, -0.1) is 0 Å². The second kappa shape index (κ2) is 5.92. The minimum atomic E-state index is -0.00812. The summed E-state index contributed by atoms with van der Waals surface area (Å²) >= 11 is 1.26. The number of ether oxygens (including phenoxy) is 2. The Hall–Kier alpha value is -2.08. The van der Waals surface area contributed by atoms with Crippen LogP contribution in [0.1, 0.15) is 23.0 Å². The van der Waals surface area contributed by atoms with Gasteiger partial charge in [0, 0.05) is 6.07 Å². The first-order valence-electron chi connectivity index (χ1n) is 6.03. The van der Waals surface area contributed by atoms with Crippen LogP contribution in [0.3, 0.4) is 0 Å². The molecule has 1 aromatic carbocycles. The Bertz CT molecular complexity index is 637. The van der Waals surface area contributed by atoms with Gasteiger partial charge in [-0.3, -0.25) is 4.79 Å². The Labute approximate surface area is 121 Å². The van der Waals surface area contributed by atoms with Crippen LogP contribution in [0, 0.1) is 6.92 Å². The molecular formula is C14H16N2O3S. The summed E-state index contributed by atoms with van der Waals surface area (Å²) in [5.41, 5.74) is 2.12. The highest BCUT2D eigenvalue weighted by Gasteiger charge is 2.16. The number of anilines is 2. The second-order valence-electron chi connectivity index (χ2n) is 4.22. The molecule has 20 heavy (non-hydrogen) atoms. The molecule has 0 aliphatic rings. The Kier molecular flexibility index (Phi) is 4.24. The maximum Gasteiger partial charge on any atom is 0.164 e. The van der Waals surface area contributed by atoms with E-state index in [1.165, 1.54) is 18.5 Å². The minimum absolute atomic E-state index is 0.00812. The van der Waals surface area contributed by atoms with Crippen molar-refractivity contribution in [2.24, 2.45) is 0 Å². The van der Waals surface area contributed by atoms with Gasteiger partial charge in [0.1, 0.15) is 16.5 Å². The topological polar surface area (TPSA) is 60.5 Å². The van der Waals surface area contributed by atoms with E-state index in [1.54, 1.807) is 20.3 Å². The molecule has 0 bridgehead atoms. The predicted octanol–water partition coefficient (Wildman–Crippen LogP) is 3.41. The zero-order valence-corrected chi connectivity index (χ0v) is 12.6. The van der Waals surface area contributed by atoms with Gasteiger partial charge in [0.2, 0.25) is 0 Å². The van der Waals surface area contributed by atoms with Crippen LogP contribution in [0.15, 0.2) is 18.2 Å². The van der Waals surface area contributed by atoms with Crippen molar-refractivity contribution in [2.75, 3.05) is 19.5 Å². The number of rotatable bonds is 5. The number of nitrogens with zero attached hydrogens (tertiary/aromatic N) is 1. The molecule has 0 aliphatic carbocycles. The number of methoxy groups -OCH3 is 2. The number of Topliss-reactive ketones (excluding diaryl/α,β-unsaturated/α-hetero) is 1. The monoisotopic (exact) mass is 292 g/mol. The third-order valence-corrected chi connectivity index (χ3v) is 3.73. The van der Waals surface area contributed by atoms with Crippen molar-refractivity contribution in [3.63, 3.8) is 0 Å². The molecule has 1 N–H and O–H groups in total. The van der Waals surface area contributed by atoms with Gasteiger partial charge < -0.3 is 14.8 Å². The molecule has 5 nitrogen and oxygen atoms in total. The van der Waals surface area contributed by atoms with Crippen molar-refractivity contribution in [1.29, 1.82) is 0 Å². The number of hydrogen-bond acceptors (Lipinski definition) is 6. The molecule has 0 unspecified atom stereocenters. The lowest BCUT2D eigenvalue weighted by atomic mass is 10.2. The first-order chi connectivity index (χ1) is 9.56. The second-order valence-corrected chi connectivity index (χ2v) is 4.99. The zero-order chi connectivity index (χ0) is 14.7. The van der Waals surface area contributed by atoms with Gasteiger partial charge in [-0.1, -0.05) is 0 Å². The van der Waals surface area contributed by atoms with Gasteiger partial charge in [-0.2, -0.15) is 4.37 Å². The van der Waals surface area contributed by atoms with Crippen molar-refractivity contribution in [1.82, 2.24) is 4.37 Å². The Morgan fingerprint density at radius 3 is 2.65 bits per heavy atom. The van der Waals surface area contributed by atoms with Crippen molar-refractivity contribution in [3.8, 4) is 11.5 Å². The van der Waals surface area contributed by atoms with E-state index >= 15 is 0 Å². The van der Waals surface area contributed by atoms with Gasteiger partial charge in [0.15, 0.2) is 5.78 Å². The maximum atomic E-state index is 11.7. The molecule has 106 valence electrons. The SMILES string of the molecule is COc1ccc(Nc2snc(C)c2C(C)=O)c(OC)c1. The van der Waals surface area contributed by atoms with E-state index in [9.17, 15) is 4.79 Å². The summed E-state index contributed by atoms with van der Waals surface area (Å²) in [5.74, 6) is 1.34. The predicted molar refractivity (Wildman–Crippen MR) is 79.7 cm³/mol. The molecule has 2 aromatic rings. The quantitative estimate of drug-likeness (QED) is 0.856. The van der Waals surface area contributed by atoms with Crippen molar-refractivity contribution >= 4 is 28.0 Å². The fourth-order valence-corrected chi connectivity index (χ4v) is 2.75. The Morgan fingerprint density at radius 1 is 1.30 bits per heavy atom. The largest absolute Gasteiger partial charge is 0.497 e. The van der Waals surface area contributed by atoms with Crippen molar-refractivity contribution in [3.05, 3.63) is 29.5 Å². The molecule has 0 aliphatic heterocycles. The average Bonchev–Trinajstić information content (AvgIpc) is 2.80. The normalized spacial score (nSPS) is 10.2. The van der Waals surface area contributed by atoms with Crippen molar-refractivity contribution in [2.45, 2.75) is 13.8 Å². The highest BCUT2D eigenvalue weighted by Crippen LogP contribution is 2.35. The highest BCUT2D eigenvalue weighted by atomic mass is 32.1. The van der Waals surface area contributed by atoms with Gasteiger partial charge in [0.05, 0.1) is 31.2 Å². The summed E-state index contributed by atoms with van der Waals surface area (Å²) < 4.78 is 14.7. The van der Waals surface area contributed by atoms with E-state index in [0.29, 0.717) is 17.1 Å². The third kappa shape index (κ3) is 2.75. The van der Waals surface area contributed by atoms with Gasteiger partial charge >= 0.3 is 0 Å². The third-order valence-electron chi connectivity index (χ3n) is 2.87. The van der Waals surface area contributed by atoms with E-state index in [-0.39, 0.29) is 5.78 Å². The van der Waals surface area contributed by atoms with Gasteiger partial charge in [-0.25, -0.2) is 0 Å². The van der Waals surface area contributed by atoms with Crippen LogP contribution in [0.5, 0.6) is 11.5 Å². The van der Waals surface area contributed by atoms with Gasteiger partial charge in [0.25, 0.3) is 0 Å². The highest BCUT2D eigenvalue weighted by molar-refractivity contribution is 7.10. The van der Waals surface area contributed by atoms with E-state index in [0.717, 1.165) is 16.4 Å². The molecule has 2 rings (SSSR count). The molecule has 1 heterocycles. The molecule has 6 heteroatoms. The van der Waals surface area contributed by atoms with Crippen LogP contribution in [0.4, 0.5) is 10.7 Å². The first-order valence-corrected chi connectivity index (χ1v) is 6.80. The molecule has 0 spiro atoms. The molecule has 0 amide bonds. The molecule has 0 saturated carbocycles. The van der Waals surface area contributed by atoms with E-state index < -0.39 is 0 Å². The van der Waals surface area contributed by atoms with Crippen molar-refractivity contribution < 1.29 is 14.3 Å². The van der Waals surface area contributed by atoms with Crippen LogP contribution >= 0.6 is 11.5 Å². The van der Waals surface area contributed by atoms with E-state index in [4.69, 9.17) is 9.47 Å². The fraction of sp³-hybridized carbons (Fsp3) is 0.286. The molecule has 0 fully saturated rings. The lowest BCUT2D eigenvalue weighted by Crippen LogP contribution is -2.00. The summed E-state index contributed by atoms with van der Waals surface area (Å²) in [4.78, 5) is 11.7. The van der Waals surface area contributed by atoms with E-state index in [2.05, 4.69) is 9.69 Å². The molecular weight excluding hydrogens is 276 g/mol. The summed E-state index contributed by atoms with van der Waals surface area (Å²) in [6.45, 7) is 3.36. The summed E-state index contributed by atoms with van der Waals surface area (Å²) in [6.07, 6.45) is 0. The number of carbonyl (C=O) groups is 1. The Morgan fingerprint density at radius 2 is 2.05 bits per heavy atom. The summed E-state index contributed by atoms with van der Waals surface area (Å²) in [6, 6.07) is 5.45. The maximum absolute atomic E-state index is 11.7. The number of hydrogen-bond donors (Lipinski definition) is 1. The standard InChI is InChI=1S/C14H16N2O3S/c1-8-13(9(2)17)14(20-16-8)15-11-6-5-10(18-3)7-12(11)19-4/h5-7,15H,1-4H3. The van der Waals surface area contributed by atoms with E-state index in [1.807, 2.05) is 19.1 Å². The molecule has 0 radical (unpaired) electrons. The zero-order valence-electron chi connectivity index (χ0n) is 11.8. The lowest BCUT2D eigenvalue weighted by molar-refractivity contribution is 0.101. The number of nitrogens with one attached hydrogen (secondary N) is 1. The number of aromatic nitrogens is 1. The summed E-state index contributed by atoms with van der Waals surface area (Å²) in [5, 5.41) is 3.92. The average molecular weight is 292 g/mol. The van der Waals surface area contributed by atoms with Gasteiger partial charge in [-0.05, 0) is 37.5 Å². The molecule has 0 atom stereocenters. The van der Waals surface area contributed by atoms with Crippen LogP contribution in [-0.4, -0.2) is 24.4 Å². The lowest BCUT2D eigenvalue weighted by Gasteiger charge is -2.11. The number of ketones is 1. The number of benzene rings is 1. The summed E-state index contributed by atoms with van der Waals surface area (Å²) in [7, 11) is 3.19. The van der Waals surface area contributed by atoms with Crippen LogP contribution in [0.2, 0.25) is 0 Å². The first kappa shape index (κ1) is 14.3. The molecule has 1 aromatic heterocycles. The number of aryl methyl sites for hydroxylation is 1. The molecule has 0 saturated heterocycles. The fourth-order valence-electron chi connectivity index (χ4n) is 1.89. The minimum Gasteiger partial charge on any atom is -0.497 e. The van der Waals surface area contributed by atoms with Crippen LogP contribution in [-0.2, 0) is 0 Å². The smallest absolute Gasteiger partial charge is 0.164 e. The Balaban J connectivity index is 2.37. The number of carbonyl (C=O) groups excluding carboxylic acids is 1. The van der Waals surface area contributed by atoms with Crippen LogP contribution < -0.4 is 14.8 Å². The van der Waals surface area contributed by atoms with Crippen LogP contribution in [0.25, 0.3) is 0 Å².